The van der Waals surface area contributed by atoms with Gasteiger partial charge in [-0.2, -0.15) is 0 Å². The molecule has 8 heteroatoms. The first-order chi connectivity index (χ1) is 15.1. The van der Waals surface area contributed by atoms with Crippen LogP contribution in [0.3, 0.4) is 0 Å². The van der Waals surface area contributed by atoms with E-state index < -0.39 is 0 Å². The number of aromatic amines is 1. The first kappa shape index (κ1) is 19.2. The van der Waals surface area contributed by atoms with Gasteiger partial charge in [0.15, 0.2) is 5.76 Å². The summed E-state index contributed by atoms with van der Waals surface area (Å²) in [4.78, 5) is 41.9. The van der Waals surface area contributed by atoms with Crippen molar-refractivity contribution in [2.75, 3.05) is 13.1 Å². The van der Waals surface area contributed by atoms with Gasteiger partial charge in [0, 0.05) is 31.4 Å². The van der Waals surface area contributed by atoms with Crippen molar-refractivity contribution in [1.82, 2.24) is 19.0 Å². The highest BCUT2D eigenvalue weighted by atomic mass is 16.4. The Morgan fingerprint density at radius 2 is 1.77 bits per heavy atom. The molecule has 1 fully saturated rings. The maximum absolute atomic E-state index is 12.9. The van der Waals surface area contributed by atoms with Crippen LogP contribution in [-0.4, -0.2) is 38.0 Å². The summed E-state index contributed by atoms with van der Waals surface area (Å²) in [5.41, 5.74) is 1.48. The number of carbonyl (C=O) groups excluding carboxylic acids is 1. The van der Waals surface area contributed by atoms with Crippen molar-refractivity contribution < 1.29 is 9.21 Å². The fourth-order valence-electron chi connectivity index (χ4n) is 4.26. The highest BCUT2D eigenvalue weighted by Gasteiger charge is 2.28. The van der Waals surface area contributed by atoms with E-state index in [2.05, 4.69) is 4.98 Å². The Morgan fingerprint density at radius 1 is 1.00 bits per heavy atom. The normalized spacial score (nSPS) is 14.9. The maximum Gasteiger partial charge on any atom is 0.326 e. The van der Waals surface area contributed by atoms with E-state index >= 15 is 0 Å². The van der Waals surface area contributed by atoms with Crippen molar-refractivity contribution >= 4 is 16.9 Å². The van der Waals surface area contributed by atoms with E-state index in [0.717, 1.165) is 11.0 Å². The molecule has 0 spiro atoms. The quantitative estimate of drug-likeness (QED) is 0.551. The summed E-state index contributed by atoms with van der Waals surface area (Å²) >= 11 is 0. The average Bonchev–Trinajstić information content (AvgIpc) is 3.38. The van der Waals surface area contributed by atoms with Gasteiger partial charge in [-0.05, 0) is 43.2 Å². The van der Waals surface area contributed by atoms with Crippen molar-refractivity contribution in [2.24, 2.45) is 0 Å². The molecule has 31 heavy (non-hydrogen) atoms. The van der Waals surface area contributed by atoms with Gasteiger partial charge < -0.3 is 18.9 Å². The van der Waals surface area contributed by atoms with Crippen LogP contribution in [0.4, 0.5) is 0 Å². The Labute approximate surface area is 177 Å². The van der Waals surface area contributed by atoms with Crippen LogP contribution in [0, 0.1) is 0 Å². The molecule has 1 N–H and O–H groups in total. The minimum atomic E-state index is -0.170. The molecular formula is C23H22N4O4. The van der Waals surface area contributed by atoms with Crippen LogP contribution < -0.4 is 11.2 Å². The number of hydrogen-bond acceptors (Lipinski definition) is 4. The molecule has 158 valence electrons. The Bertz CT molecular complexity index is 1350. The second-order valence-corrected chi connectivity index (χ2v) is 7.77. The molecular weight excluding hydrogens is 396 g/mol. The van der Waals surface area contributed by atoms with Crippen molar-refractivity contribution in [3.8, 4) is 0 Å². The lowest BCUT2D eigenvalue weighted by atomic mass is 10.0. The number of hydrogen-bond donors (Lipinski definition) is 1. The predicted molar refractivity (Wildman–Crippen MR) is 115 cm³/mol. The monoisotopic (exact) mass is 418 g/mol. The molecule has 4 heterocycles. The van der Waals surface area contributed by atoms with E-state index in [1.807, 2.05) is 24.3 Å². The minimum absolute atomic E-state index is 0.0461. The number of nitrogens with one attached hydrogen (secondary N) is 1. The molecule has 3 aromatic heterocycles. The second-order valence-electron chi connectivity index (χ2n) is 7.77. The highest BCUT2D eigenvalue weighted by Crippen LogP contribution is 2.26. The van der Waals surface area contributed by atoms with Crippen molar-refractivity contribution in [1.29, 1.82) is 0 Å². The van der Waals surface area contributed by atoms with E-state index in [1.165, 1.54) is 10.6 Å². The third-order valence-electron chi connectivity index (χ3n) is 5.84. The number of likely N-dealkylation sites (tertiary alicyclic amines) is 1. The van der Waals surface area contributed by atoms with Gasteiger partial charge >= 0.3 is 5.69 Å². The van der Waals surface area contributed by atoms with Crippen LogP contribution >= 0.6 is 0 Å². The molecule has 1 amide bonds. The van der Waals surface area contributed by atoms with Gasteiger partial charge in [0.1, 0.15) is 5.76 Å². The van der Waals surface area contributed by atoms with Gasteiger partial charge in [0.25, 0.3) is 11.5 Å². The molecule has 8 nitrogen and oxygen atoms in total. The topological polar surface area (TPSA) is 93.2 Å². The van der Waals surface area contributed by atoms with Gasteiger partial charge in [-0.1, -0.05) is 18.2 Å². The summed E-state index contributed by atoms with van der Waals surface area (Å²) in [6.07, 6.45) is 3.07. The molecule has 0 aliphatic carbocycles. The van der Waals surface area contributed by atoms with Crippen LogP contribution in [0.25, 0.3) is 11.0 Å². The number of pyridine rings is 1. The molecule has 1 aliphatic rings. The van der Waals surface area contributed by atoms with Crippen LogP contribution in [0.2, 0.25) is 0 Å². The lowest BCUT2D eigenvalue weighted by Gasteiger charge is -2.32. The van der Waals surface area contributed by atoms with Crippen molar-refractivity contribution in [2.45, 2.75) is 25.4 Å². The molecule has 0 saturated carbocycles. The Kier molecular flexibility index (Phi) is 4.82. The van der Waals surface area contributed by atoms with Gasteiger partial charge in [-0.3, -0.25) is 14.2 Å². The summed E-state index contributed by atoms with van der Waals surface area (Å²) < 4.78 is 9.05. The SMILES string of the molecule is O=C(c1ccc(Cn2ccccc2=O)o1)N1CCC(n2c(=O)[nH]c3ccccc32)CC1. The van der Waals surface area contributed by atoms with Crippen molar-refractivity contribution in [3.05, 3.63) is 93.2 Å². The zero-order chi connectivity index (χ0) is 21.4. The molecule has 0 bridgehead atoms. The van der Waals surface area contributed by atoms with Crippen LogP contribution in [-0.2, 0) is 6.54 Å². The molecule has 0 radical (unpaired) electrons. The number of nitrogens with zero attached hydrogens (tertiary/aromatic N) is 3. The fourth-order valence-corrected chi connectivity index (χ4v) is 4.26. The molecule has 1 aromatic carbocycles. The zero-order valence-electron chi connectivity index (χ0n) is 16.9. The predicted octanol–water partition coefficient (Wildman–Crippen LogP) is 2.61. The molecule has 1 aliphatic heterocycles. The summed E-state index contributed by atoms with van der Waals surface area (Å²) in [7, 11) is 0. The molecule has 4 aromatic rings. The fraction of sp³-hybridized carbons (Fsp3) is 0.261. The lowest BCUT2D eigenvalue weighted by molar-refractivity contribution is 0.0661. The molecule has 0 atom stereocenters. The molecule has 1 saturated heterocycles. The van der Waals surface area contributed by atoms with E-state index in [1.54, 1.807) is 39.9 Å². The summed E-state index contributed by atoms with van der Waals surface area (Å²) in [5.74, 6) is 0.648. The van der Waals surface area contributed by atoms with Gasteiger partial charge in [-0.25, -0.2) is 4.79 Å². The molecule has 0 unspecified atom stereocenters. The standard InChI is InChI=1S/C23H22N4O4/c28-21-7-3-4-12-26(21)15-17-8-9-20(31-17)22(29)25-13-10-16(11-14-25)27-19-6-2-1-5-18(19)24-23(27)30/h1-9,12,16H,10-11,13-15H2,(H,24,30). The third kappa shape index (κ3) is 3.61. The van der Waals surface area contributed by atoms with Crippen molar-refractivity contribution in [3.63, 3.8) is 0 Å². The van der Waals surface area contributed by atoms with E-state index in [-0.39, 0.29) is 35.5 Å². The van der Waals surface area contributed by atoms with Gasteiger partial charge in [0.2, 0.25) is 0 Å². The first-order valence-corrected chi connectivity index (χ1v) is 10.3. The Balaban J connectivity index is 1.27. The number of furan rings is 1. The van der Waals surface area contributed by atoms with Crippen LogP contribution in [0.1, 0.15) is 35.2 Å². The highest BCUT2D eigenvalue weighted by molar-refractivity contribution is 5.91. The first-order valence-electron chi connectivity index (χ1n) is 10.3. The largest absolute Gasteiger partial charge is 0.454 e. The third-order valence-corrected chi connectivity index (χ3v) is 5.84. The van der Waals surface area contributed by atoms with Gasteiger partial charge in [0.05, 0.1) is 17.6 Å². The average molecular weight is 418 g/mol. The minimum Gasteiger partial charge on any atom is -0.454 e. The smallest absolute Gasteiger partial charge is 0.326 e. The van der Waals surface area contributed by atoms with Crippen LogP contribution in [0.15, 0.2) is 74.8 Å². The number of para-hydroxylation sites is 2. The van der Waals surface area contributed by atoms with Crippen LogP contribution in [0.5, 0.6) is 0 Å². The number of piperidine rings is 1. The Morgan fingerprint density at radius 3 is 2.58 bits per heavy atom. The Hall–Kier alpha value is -3.81. The number of aromatic nitrogens is 3. The lowest BCUT2D eigenvalue weighted by Crippen LogP contribution is -2.40. The molecule has 5 rings (SSSR count). The summed E-state index contributed by atoms with van der Waals surface area (Å²) in [6, 6.07) is 16.0. The number of H-pyrrole nitrogens is 1. The van der Waals surface area contributed by atoms with E-state index in [9.17, 15) is 14.4 Å². The number of imidazole rings is 1. The summed E-state index contributed by atoms with van der Waals surface area (Å²) in [5, 5.41) is 0. The van der Waals surface area contributed by atoms with E-state index in [0.29, 0.717) is 31.7 Å². The zero-order valence-corrected chi connectivity index (χ0v) is 16.9. The van der Waals surface area contributed by atoms with Gasteiger partial charge in [-0.15, -0.1) is 0 Å². The number of amides is 1. The number of rotatable bonds is 4. The number of carbonyl (C=O) groups is 1. The number of benzene rings is 1. The maximum atomic E-state index is 12.9. The summed E-state index contributed by atoms with van der Waals surface area (Å²) in [6.45, 7) is 1.37. The van der Waals surface area contributed by atoms with E-state index in [4.69, 9.17) is 4.42 Å². The second kappa shape index (κ2) is 7.79. The number of fused-ring (bicyclic) bond motifs is 1.